The van der Waals surface area contributed by atoms with Crippen LogP contribution in [0.5, 0.6) is 0 Å². The third kappa shape index (κ3) is 6.21. The zero-order chi connectivity index (χ0) is 16.1. The molecule has 0 aliphatic heterocycles. The molecular weight excluding hydrogens is 329 g/mol. The molecule has 0 radical (unpaired) electrons. The van der Waals surface area contributed by atoms with Gasteiger partial charge in [-0.25, -0.2) is 13.1 Å². The maximum absolute atomic E-state index is 12.0. The molecule has 0 amide bonds. The number of hydrogen-bond acceptors (Lipinski definition) is 3. The zero-order valence-electron chi connectivity index (χ0n) is 11.3. The smallest absolute Gasteiger partial charge is 0.313 e. The molecule has 0 aliphatic rings. The van der Waals surface area contributed by atoms with Gasteiger partial charge in [0.1, 0.15) is 0 Å². The first kappa shape index (κ1) is 18.2. The highest BCUT2D eigenvalue weighted by Crippen LogP contribution is 2.21. The van der Waals surface area contributed by atoms with Gasteiger partial charge in [-0.05, 0) is 30.3 Å². The second-order valence-electron chi connectivity index (χ2n) is 4.30. The first-order valence-corrected chi connectivity index (χ1v) is 8.07. The normalized spacial score (nSPS) is 12.6. The van der Waals surface area contributed by atoms with Crippen LogP contribution in [0.2, 0.25) is 5.02 Å². The van der Waals surface area contributed by atoms with E-state index in [-0.39, 0.29) is 4.90 Å². The van der Waals surface area contributed by atoms with Gasteiger partial charge in [0.2, 0.25) is 10.0 Å². The highest BCUT2D eigenvalue weighted by molar-refractivity contribution is 7.89. The van der Waals surface area contributed by atoms with Gasteiger partial charge in [-0.3, -0.25) is 0 Å². The lowest BCUT2D eigenvalue weighted by molar-refractivity contribution is -0.132. The van der Waals surface area contributed by atoms with E-state index in [1.807, 2.05) is 11.6 Å². The third-order valence-electron chi connectivity index (χ3n) is 2.59. The summed E-state index contributed by atoms with van der Waals surface area (Å²) in [6.07, 6.45) is -5.62. The monoisotopic (exact) mass is 344 g/mol. The van der Waals surface area contributed by atoms with Crippen LogP contribution in [0.3, 0.4) is 0 Å². The first-order valence-electron chi connectivity index (χ1n) is 6.21. The average Bonchev–Trinajstić information content (AvgIpc) is 2.35. The Morgan fingerprint density at radius 3 is 2.52 bits per heavy atom. The minimum atomic E-state index is -4.40. The molecule has 21 heavy (non-hydrogen) atoms. The molecule has 0 saturated heterocycles. The molecule has 1 rings (SSSR count). The fourth-order valence-corrected chi connectivity index (χ4v) is 2.79. The molecule has 1 aromatic carbocycles. The lowest BCUT2D eigenvalue weighted by Gasteiger charge is -2.11. The van der Waals surface area contributed by atoms with Crippen LogP contribution in [-0.4, -0.2) is 27.7 Å². The predicted octanol–water partition coefficient (Wildman–Crippen LogP) is 2.68. The van der Waals surface area contributed by atoms with Gasteiger partial charge in [0.05, 0.1) is 11.3 Å². The van der Waals surface area contributed by atoms with Crippen molar-refractivity contribution < 1.29 is 21.6 Å². The van der Waals surface area contributed by atoms with E-state index in [1.165, 1.54) is 18.2 Å². The van der Waals surface area contributed by atoms with E-state index in [0.717, 1.165) is 0 Å². The van der Waals surface area contributed by atoms with Gasteiger partial charge in [0.15, 0.2) is 0 Å². The van der Waals surface area contributed by atoms with E-state index in [0.29, 0.717) is 23.7 Å². The van der Waals surface area contributed by atoms with Gasteiger partial charge in [0.25, 0.3) is 0 Å². The van der Waals surface area contributed by atoms with Crippen LogP contribution in [0.15, 0.2) is 23.1 Å². The van der Waals surface area contributed by atoms with Gasteiger partial charge in [0, 0.05) is 18.1 Å². The van der Waals surface area contributed by atoms with Crippen LogP contribution in [0.1, 0.15) is 18.9 Å². The molecule has 1 aromatic rings. The quantitative estimate of drug-likeness (QED) is 0.799. The van der Waals surface area contributed by atoms with Gasteiger partial charge < -0.3 is 5.32 Å². The molecule has 2 N–H and O–H groups in total. The van der Waals surface area contributed by atoms with E-state index in [1.54, 1.807) is 0 Å². The number of benzene rings is 1. The molecular formula is C12H16ClF3N2O2S. The minimum absolute atomic E-state index is 0.109. The van der Waals surface area contributed by atoms with E-state index >= 15 is 0 Å². The fraction of sp³-hybridized carbons (Fsp3) is 0.500. The second kappa shape index (κ2) is 7.44. The summed E-state index contributed by atoms with van der Waals surface area (Å²) in [6.45, 7) is 2.24. The molecule has 120 valence electrons. The molecule has 4 nitrogen and oxygen atoms in total. The molecule has 0 aliphatic carbocycles. The minimum Gasteiger partial charge on any atom is -0.313 e. The van der Waals surface area contributed by atoms with Crippen molar-refractivity contribution in [1.82, 2.24) is 10.0 Å². The van der Waals surface area contributed by atoms with Gasteiger partial charge in [-0.15, -0.1) is 0 Å². The first-order chi connectivity index (χ1) is 9.65. The number of rotatable bonds is 7. The van der Waals surface area contributed by atoms with Crippen LogP contribution < -0.4 is 10.0 Å². The SMILES string of the molecule is CCNCc1cc(S(=O)(=O)NCCC(F)(F)F)ccc1Cl. The van der Waals surface area contributed by atoms with Crippen molar-refractivity contribution in [3.8, 4) is 0 Å². The van der Waals surface area contributed by atoms with Crippen molar-refractivity contribution >= 4 is 21.6 Å². The Morgan fingerprint density at radius 2 is 1.95 bits per heavy atom. The predicted molar refractivity (Wildman–Crippen MR) is 74.7 cm³/mol. The van der Waals surface area contributed by atoms with Crippen LogP contribution >= 0.6 is 11.6 Å². The summed E-state index contributed by atoms with van der Waals surface area (Å²) in [7, 11) is -3.98. The summed E-state index contributed by atoms with van der Waals surface area (Å²) in [5.74, 6) is 0. The van der Waals surface area contributed by atoms with E-state index < -0.39 is 29.2 Å². The summed E-state index contributed by atoms with van der Waals surface area (Å²) < 4.78 is 61.8. The van der Waals surface area contributed by atoms with E-state index in [4.69, 9.17) is 11.6 Å². The highest BCUT2D eigenvalue weighted by atomic mass is 35.5. The standard InChI is InChI=1S/C12H16ClF3N2O2S/c1-2-17-8-9-7-10(3-4-11(9)13)21(19,20)18-6-5-12(14,15)16/h3-4,7,17-18H,2,5-6,8H2,1H3. The van der Waals surface area contributed by atoms with Crippen molar-refractivity contribution in [3.63, 3.8) is 0 Å². The molecule has 0 heterocycles. The molecule has 0 fully saturated rings. The number of hydrogen-bond donors (Lipinski definition) is 2. The van der Waals surface area contributed by atoms with Crippen LogP contribution in [0.25, 0.3) is 0 Å². The summed E-state index contributed by atoms with van der Waals surface area (Å²) in [4.78, 5) is -0.109. The average molecular weight is 345 g/mol. The number of alkyl halides is 3. The van der Waals surface area contributed by atoms with Gasteiger partial charge in [-0.1, -0.05) is 18.5 Å². The van der Waals surface area contributed by atoms with Crippen molar-refractivity contribution in [2.45, 2.75) is 31.0 Å². The zero-order valence-corrected chi connectivity index (χ0v) is 12.9. The van der Waals surface area contributed by atoms with Crippen molar-refractivity contribution in [3.05, 3.63) is 28.8 Å². The van der Waals surface area contributed by atoms with Gasteiger partial charge >= 0.3 is 6.18 Å². The molecule has 0 spiro atoms. The Balaban J connectivity index is 2.83. The summed E-state index contributed by atoms with van der Waals surface area (Å²) in [5.41, 5.74) is 0.567. The molecule has 0 saturated carbocycles. The molecule has 0 aromatic heterocycles. The Hall–Kier alpha value is -0.830. The second-order valence-corrected chi connectivity index (χ2v) is 6.47. The molecule has 0 atom stereocenters. The maximum atomic E-state index is 12.0. The molecule has 0 bridgehead atoms. The summed E-state index contributed by atoms with van der Waals surface area (Å²) in [6, 6.07) is 4.02. The number of halogens is 4. The van der Waals surface area contributed by atoms with Crippen molar-refractivity contribution in [2.24, 2.45) is 0 Å². The summed E-state index contributed by atoms with van der Waals surface area (Å²) in [5, 5.41) is 3.39. The number of sulfonamides is 1. The largest absolute Gasteiger partial charge is 0.390 e. The number of nitrogens with one attached hydrogen (secondary N) is 2. The lowest BCUT2D eigenvalue weighted by Crippen LogP contribution is -2.28. The molecule has 0 unspecified atom stereocenters. The van der Waals surface area contributed by atoms with Gasteiger partial charge in [-0.2, -0.15) is 13.2 Å². The highest BCUT2D eigenvalue weighted by Gasteiger charge is 2.27. The van der Waals surface area contributed by atoms with Crippen LogP contribution in [0.4, 0.5) is 13.2 Å². The third-order valence-corrected chi connectivity index (χ3v) is 4.42. The fourth-order valence-electron chi connectivity index (χ4n) is 1.52. The van der Waals surface area contributed by atoms with Crippen LogP contribution in [-0.2, 0) is 16.6 Å². The Labute approximate surface area is 126 Å². The lowest BCUT2D eigenvalue weighted by atomic mass is 10.2. The maximum Gasteiger partial charge on any atom is 0.390 e. The topological polar surface area (TPSA) is 58.2 Å². The van der Waals surface area contributed by atoms with E-state index in [2.05, 4.69) is 5.32 Å². The van der Waals surface area contributed by atoms with Crippen molar-refractivity contribution in [1.29, 1.82) is 0 Å². The Bertz CT molecular complexity index is 576. The molecule has 9 heteroatoms. The van der Waals surface area contributed by atoms with Crippen LogP contribution in [0, 0.1) is 0 Å². The van der Waals surface area contributed by atoms with E-state index in [9.17, 15) is 21.6 Å². The Morgan fingerprint density at radius 1 is 1.29 bits per heavy atom. The summed E-state index contributed by atoms with van der Waals surface area (Å²) >= 11 is 5.94. The Kier molecular flexibility index (Phi) is 6.45. The van der Waals surface area contributed by atoms with Crippen molar-refractivity contribution in [2.75, 3.05) is 13.1 Å².